The molecule has 0 aliphatic carbocycles. The van der Waals surface area contributed by atoms with Crippen LogP contribution in [0.3, 0.4) is 0 Å². The molecule has 3 heterocycles. The largest absolute Gasteiger partial charge is 0.382 e. The summed E-state index contributed by atoms with van der Waals surface area (Å²) in [6.07, 6.45) is 2.74. The summed E-state index contributed by atoms with van der Waals surface area (Å²) < 4.78 is 31.4. The van der Waals surface area contributed by atoms with Gasteiger partial charge in [0.05, 0.1) is 0 Å². The molecule has 5 rings (SSSR count). The minimum absolute atomic E-state index is 0.173. The van der Waals surface area contributed by atoms with Gasteiger partial charge in [0.25, 0.3) is 11.5 Å². The maximum Gasteiger partial charge on any atom is 0.268 e. The average Bonchev–Trinajstić information content (AvgIpc) is 3.16. The summed E-state index contributed by atoms with van der Waals surface area (Å²) >= 11 is 0. The van der Waals surface area contributed by atoms with E-state index in [1.54, 1.807) is 16.6 Å². The van der Waals surface area contributed by atoms with Crippen molar-refractivity contribution in [2.75, 3.05) is 5.73 Å². The van der Waals surface area contributed by atoms with Crippen molar-refractivity contribution in [1.82, 2.24) is 19.2 Å². The second kappa shape index (κ2) is 8.17. The Hall–Kier alpha value is -4.86. The number of hydrogen-bond acceptors (Lipinski definition) is 5. The molecule has 174 valence electrons. The first-order valence-electron chi connectivity index (χ1n) is 10.5. The molecule has 3 aromatic heterocycles. The molecule has 0 aliphatic heterocycles. The van der Waals surface area contributed by atoms with Crippen molar-refractivity contribution in [2.24, 2.45) is 5.73 Å². The van der Waals surface area contributed by atoms with Crippen LogP contribution in [0.15, 0.2) is 71.9 Å². The zero-order valence-electron chi connectivity index (χ0n) is 18.4. The molecule has 0 aliphatic rings. The average molecular weight is 472 g/mol. The standard InChI is InChI=1S/C25H18F2N6O2/c1-13-10-19(22-23(28)30-12-31-33(13)22)18-7-2-14(11-20(18)27)17-8-9-32(25(35)21(17)24(29)34)16-5-3-15(26)4-6-16/h2-12H,1H3,(H2,29,34)(H2,28,30,31). The molecule has 1 amide bonds. The first kappa shape index (κ1) is 22.0. The fraction of sp³-hybridized carbons (Fsp3) is 0.0400. The smallest absolute Gasteiger partial charge is 0.268 e. The fourth-order valence-electron chi connectivity index (χ4n) is 4.15. The Morgan fingerprint density at radius 1 is 0.971 bits per heavy atom. The summed E-state index contributed by atoms with van der Waals surface area (Å²) in [6.45, 7) is 1.81. The number of carbonyl (C=O) groups excluding carboxylic acids is 1. The quantitative estimate of drug-likeness (QED) is 0.415. The zero-order chi connectivity index (χ0) is 24.9. The number of aryl methyl sites for hydroxylation is 1. The van der Waals surface area contributed by atoms with Gasteiger partial charge in [0.1, 0.15) is 29.0 Å². The lowest BCUT2D eigenvalue weighted by Crippen LogP contribution is -2.29. The van der Waals surface area contributed by atoms with Crippen molar-refractivity contribution in [3.63, 3.8) is 0 Å². The van der Waals surface area contributed by atoms with E-state index in [4.69, 9.17) is 11.5 Å². The minimum atomic E-state index is -0.968. The number of halogens is 2. The number of nitrogens with zero attached hydrogens (tertiary/aromatic N) is 4. The van der Waals surface area contributed by atoms with Crippen LogP contribution >= 0.6 is 0 Å². The molecular weight excluding hydrogens is 454 g/mol. The van der Waals surface area contributed by atoms with Crippen LogP contribution in [-0.2, 0) is 0 Å². The number of aromatic nitrogens is 4. The number of fused-ring (bicyclic) bond motifs is 1. The Morgan fingerprint density at radius 3 is 2.40 bits per heavy atom. The topological polar surface area (TPSA) is 121 Å². The molecule has 8 nitrogen and oxygen atoms in total. The van der Waals surface area contributed by atoms with E-state index in [1.165, 1.54) is 59.6 Å². The van der Waals surface area contributed by atoms with Gasteiger partial charge in [-0.2, -0.15) is 5.10 Å². The van der Waals surface area contributed by atoms with E-state index < -0.39 is 23.1 Å². The normalized spacial score (nSPS) is 11.2. The van der Waals surface area contributed by atoms with Crippen molar-refractivity contribution in [2.45, 2.75) is 6.92 Å². The van der Waals surface area contributed by atoms with Gasteiger partial charge in [-0.25, -0.2) is 18.3 Å². The van der Waals surface area contributed by atoms with Gasteiger partial charge in [-0.15, -0.1) is 0 Å². The number of primary amides is 1. The number of amides is 1. The minimum Gasteiger partial charge on any atom is -0.382 e. The molecular formula is C25H18F2N6O2. The number of carbonyl (C=O) groups is 1. The zero-order valence-corrected chi connectivity index (χ0v) is 18.4. The van der Waals surface area contributed by atoms with Crippen molar-refractivity contribution in [3.8, 4) is 27.9 Å². The predicted molar refractivity (Wildman–Crippen MR) is 127 cm³/mol. The summed E-state index contributed by atoms with van der Waals surface area (Å²) in [7, 11) is 0. The number of nitrogen functional groups attached to an aromatic ring is 1. The second-order valence-electron chi connectivity index (χ2n) is 7.92. The molecule has 10 heteroatoms. The first-order valence-corrected chi connectivity index (χ1v) is 10.5. The number of anilines is 1. The number of benzene rings is 2. The maximum atomic E-state index is 15.4. The van der Waals surface area contributed by atoms with Crippen molar-refractivity contribution >= 4 is 17.2 Å². The van der Waals surface area contributed by atoms with Crippen LogP contribution in [0.2, 0.25) is 0 Å². The highest BCUT2D eigenvalue weighted by atomic mass is 19.1. The summed E-state index contributed by atoms with van der Waals surface area (Å²) in [4.78, 5) is 29.3. The van der Waals surface area contributed by atoms with Gasteiger partial charge in [0.2, 0.25) is 0 Å². The third kappa shape index (κ3) is 3.61. The van der Waals surface area contributed by atoms with E-state index in [9.17, 15) is 14.0 Å². The highest BCUT2D eigenvalue weighted by molar-refractivity contribution is 6.00. The van der Waals surface area contributed by atoms with Gasteiger partial charge >= 0.3 is 0 Å². The highest BCUT2D eigenvalue weighted by Gasteiger charge is 2.20. The number of nitrogens with two attached hydrogens (primary N) is 2. The van der Waals surface area contributed by atoms with Gasteiger partial charge in [0, 0.05) is 34.3 Å². The molecule has 4 N–H and O–H groups in total. The Kier molecular flexibility index (Phi) is 5.13. The molecule has 0 saturated carbocycles. The monoisotopic (exact) mass is 472 g/mol. The third-order valence-electron chi connectivity index (χ3n) is 5.77. The van der Waals surface area contributed by atoms with Crippen LogP contribution in [0.5, 0.6) is 0 Å². The van der Waals surface area contributed by atoms with Crippen LogP contribution < -0.4 is 17.0 Å². The van der Waals surface area contributed by atoms with Crippen LogP contribution in [0.1, 0.15) is 16.1 Å². The molecule has 5 aromatic rings. The Bertz CT molecular complexity index is 1690. The van der Waals surface area contributed by atoms with E-state index >= 15 is 4.39 Å². The van der Waals surface area contributed by atoms with Crippen molar-refractivity contribution in [3.05, 3.63) is 100 Å². The first-order chi connectivity index (χ1) is 16.8. The van der Waals surface area contributed by atoms with Gasteiger partial charge in [0.15, 0.2) is 5.82 Å². The van der Waals surface area contributed by atoms with Crippen LogP contribution in [-0.4, -0.2) is 25.1 Å². The molecule has 0 bridgehead atoms. The molecule has 0 atom stereocenters. The molecule has 0 spiro atoms. The molecule has 0 fully saturated rings. The highest BCUT2D eigenvalue weighted by Crippen LogP contribution is 2.34. The summed E-state index contributed by atoms with van der Waals surface area (Å²) in [6, 6.07) is 12.8. The van der Waals surface area contributed by atoms with Gasteiger partial charge in [-0.1, -0.05) is 12.1 Å². The fourth-order valence-corrected chi connectivity index (χ4v) is 4.15. The summed E-state index contributed by atoms with van der Waals surface area (Å²) in [5.41, 5.74) is 13.3. The van der Waals surface area contributed by atoms with Crippen molar-refractivity contribution < 1.29 is 13.6 Å². The third-order valence-corrected chi connectivity index (χ3v) is 5.77. The van der Waals surface area contributed by atoms with Crippen LogP contribution in [0.25, 0.3) is 33.5 Å². The predicted octanol–water partition coefficient (Wildman–Crippen LogP) is 3.48. The van der Waals surface area contributed by atoms with E-state index in [-0.39, 0.29) is 28.1 Å². The summed E-state index contributed by atoms with van der Waals surface area (Å²) in [5, 5.41) is 4.16. The SMILES string of the molecule is Cc1cc(-c2ccc(-c3ccn(-c4ccc(F)cc4)c(=O)c3C(N)=O)cc2F)c2c(N)ncnn12. The Labute approximate surface area is 197 Å². The van der Waals surface area contributed by atoms with Crippen molar-refractivity contribution in [1.29, 1.82) is 0 Å². The van der Waals surface area contributed by atoms with Crippen LogP contribution in [0.4, 0.5) is 14.6 Å². The van der Waals surface area contributed by atoms with Gasteiger partial charge < -0.3 is 11.5 Å². The second-order valence-corrected chi connectivity index (χ2v) is 7.92. The van der Waals surface area contributed by atoms with Crippen LogP contribution in [0, 0.1) is 18.6 Å². The lowest BCUT2D eigenvalue weighted by atomic mass is 9.97. The lowest BCUT2D eigenvalue weighted by molar-refractivity contribution is 0.0999. The number of pyridine rings is 1. The molecule has 2 aromatic carbocycles. The molecule has 0 radical (unpaired) electrons. The van der Waals surface area contributed by atoms with E-state index in [2.05, 4.69) is 10.1 Å². The lowest BCUT2D eigenvalue weighted by Gasteiger charge is -2.13. The molecule has 35 heavy (non-hydrogen) atoms. The summed E-state index contributed by atoms with van der Waals surface area (Å²) in [5.74, 6) is -1.84. The Balaban J connectivity index is 1.65. The van der Waals surface area contributed by atoms with Gasteiger partial charge in [-0.05, 0) is 55.0 Å². The molecule has 0 unspecified atom stereocenters. The van der Waals surface area contributed by atoms with E-state index in [1.807, 2.05) is 6.92 Å². The van der Waals surface area contributed by atoms with E-state index in [0.29, 0.717) is 16.8 Å². The number of rotatable bonds is 4. The Morgan fingerprint density at radius 2 is 1.71 bits per heavy atom. The molecule has 0 saturated heterocycles. The van der Waals surface area contributed by atoms with Gasteiger partial charge in [-0.3, -0.25) is 14.2 Å². The number of hydrogen-bond donors (Lipinski definition) is 2. The van der Waals surface area contributed by atoms with E-state index in [0.717, 1.165) is 5.69 Å². The maximum absolute atomic E-state index is 15.4.